The van der Waals surface area contributed by atoms with Crippen LogP contribution in [0.25, 0.3) is 0 Å². The van der Waals surface area contributed by atoms with Crippen LogP contribution >= 0.6 is 11.6 Å². The number of nitrogens with two attached hydrogens (primary N) is 1. The molecule has 1 heterocycles. The van der Waals surface area contributed by atoms with E-state index in [1.807, 2.05) is 0 Å². The number of halogens is 1. The van der Waals surface area contributed by atoms with Gasteiger partial charge in [-0.05, 0) is 12.8 Å². The zero-order valence-corrected chi connectivity index (χ0v) is 11.9. The molecule has 1 aliphatic rings. The number of anilines is 1. The van der Waals surface area contributed by atoms with Gasteiger partial charge in [0.15, 0.2) is 10.8 Å². The van der Waals surface area contributed by atoms with Gasteiger partial charge in [-0.3, -0.25) is 4.79 Å². The Morgan fingerprint density at radius 2 is 2.00 bits per heavy atom. The SMILES string of the molecule is NC(=O)c1ncc(NC2CCCCC2NC(=O)O)nc1Cl. The van der Waals surface area contributed by atoms with Gasteiger partial charge in [-0.15, -0.1) is 0 Å². The summed E-state index contributed by atoms with van der Waals surface area (Å²) in [4.78, 5) is 29.7. The van der Waals surface area contributed by atoms with Crippen molar-refractivity contribution in [2.24, 2.45) is 5.73 Å². The Morgan fingerprint density at radius 1 is 1.33 bits per heavy atom. The lowest BCUT2D eigenvalue weighted by molar-refractivity contribution is 0.0995. The number of nitrogens with one attached hydrogen (secondary N) is 2. The zero-order valence-electron chi connectivity index (χ0n) is 11.2. The van der Waals surface area contributed by atoms with Crippen molar-refractivity contribution in [1.82, 2.24) is 15.3 Å². The zero-order chi connectivity index (χ0) is 15.4. The summed E-state index contributed by atoms with van der Waals surface area (Å²) < 4.78 is 0. The number of carbonyl (C=O) groups excluding carboxylic acids is 1. The second kappa shape index (κ2) is 6.57. The fourth-order valence-corrected chi connectivity index (χ4v) is 2.66. The second-order valence-corrected chi connectivity index (χ2v) is 5.21. The van der Waals surface area contributed by atoms with Crippen molar-refractivity contribution < 1.29 is 14.7 Å². The maximum absolute atomic E-state index is 11.0. The van der Waals surface area contributed by atoms with Crippen molar-refractivity contribution in [2.75, 3.05) is 5.32 Å². The van der Waals surface area contributed by atoms with E-state index in [9.17, 15) is 9.59 Å². The molecule has 1 aromatic heterocycles. The molecule has 1 aliphatic carbocycles. The van der Waals surface area contributed by atoms with Crippen LogP contribution in [0.1, 0.15) is 36.2 Å². The normalized spacial score (nSPS) is 21.6. The first-order chi connectivity index (χ1) is 9.97. The predicted molar refractivity (Wildman–Crippen MR) is 76.4 cm³/mol. The average molecular weight is 314 g/mol. The first-order valence-electron chi connectivity index (χ1n) is 6.55. The predicted octanol–water partition coefficient (Wildman–Crippen LogP) is 1.22. The molecule has 21 heavy (non-hydrogen) atoms. The quantitative estimate of drug-likeness (QED) is 0.661. The molecule has 0 aliphatic heterocycles. The Hall–Kier alpha value is -2.09. The number of carboxylic acid groups (broad SMARTS) is 1. The van der Waals surface area contributed by atoms with Gasteiger partial charge in [0.25, 0.3) is 5.91 Å². The van der Waals surface area contributed by atoms with Gasteiger partial charge < -0.3 is 21.5 Å². The monoisotopic (exact) mass is 313 g/mol. The molecule has 1 fully saturated rings. The van der Waals surface area contributed by atoms with Gasteiger partial charge in [0, 0.05) is 6.04 Å². The largest absolute Gasteiger partial charge is 0.465 e. The molecule has 0 saturated heterocycles. The number of nitrogens with zero attached hydrogens (tertiary/aromatic N) is 2. The molecule has 2 amide bonds. The summed E-state index contributed by atoms with van der Waals surface area (Å²) >= 11 is 5.84. The van der Waals surface area contributed by atoms with Crippen LogP contribution in [0.2, 0.25) is 5.15 Å². The molecule has 9 heteroatoms. The second-order valence-electron chi connectivity index (χ2n) is 4.85. The number of hydrogen-bond donors (Lipinski definition) is 4. The van der Waals surface area contributed by atoms with Crippen LogP contribution < -0.4 is 16.4 Å². The average Bonchev–Trinajstić information content (AvgIpc) is 2.40. The van der Waals surface area contributed by atoms with E-state index < -0.39 is 12.0 Å². The molecule has 8 nitrogen and oxygen atoms in total. The highest BCUT2D eigenvalue weighted by atomic mass is 35.5. The smallest absolute Gasteiger partial charge is 0.404 e. The van der Waals surface area contributed by atoms with Gasteiger partial charge in [-0.1, -0.05) is 24.4 Å². The highest BCUT2D eigenvalue weighted by Crippen LogP contribution is 2.22. The molecular weight excluding hydrogens is 298 g/mol. The maximum Gasteiger partial charge on any atom is 0.404 e. The third kappa shape index (κ3) is 3.94. The molecule has 5 N–H and O–H groups in total. The van der Waals surface area contributed by atoms with E-state index in [0.29, 0.717) is 5.82 Å². The molecule has 1 aromatic rings. The van der Waals surface area contributed by atoms with E-state index in [4.69, 9.17) is 22.4 Å². The van der Waals surface area contributed by atoms with E-state index in [-0.39, 0.29) is 22.9 Å². The summed E-state index contributed by atoms with van der Waals surface area (Å²) in [6, 6.07) is -0.299. The number of carbonyl (C=O) groups is 2. The third-order valence-corrected chi connectivity index (χ3v) is 3.63. The van der Waals surface area contributed by atoms with E-state index in [0.717, 1.165) is 25.7 Å². The van der Waals surface area contributed by atoms with Gasteiger partial charge >= 0.3 is 6.09 Å². The van der Waals surface area contributed by atoms with E-state index >= 15 is 0 Å². The topological polar surface area (TPSA) is 130 Å². The van der Waals surface area contributed by atoms with Crippen LogP contribution in [-0.4, -0.2) is 39.2 Å². The Balaban J connectivity index is 2.10. The molecule has 0 radical (unpaired) electrons. The van der Waals surface area contributed by atoms with Gasteiger partial charge in [0.1, 0.15) is 5.82 Å². The maximum atomic E-state index is 11.0. The molecular formula is C12H16ClN5O3. The summed E-state index contributed by atoms with van der Waals surface area (Å²) in [5.41, 5.74) is 5.01. The van der Waals surface area contributed by atoms with Crippen LogP contribution in [-0.2, 0) is 0 Å². The number of amides is 2. The highest BCUT2D eigenvalue weighted by Gasteiger charge is 2.27. The van der Waals surface area contributed by atoms with Gasteiger partial charge in [0.05, 0.1) is 12.2 Å². The Bertz CT molecular complexity index is 554. The lowest BCUT2D eigenvalue weighted by Gasteiger charge is -2.32. The number of rotatable bonds is 4. The summed E-state index contributed by atoms with van der Waals surface area (Å²) in [6.45, 7) is 0. The van der Waals surface area contributed by atoms with Crippen molar-refractivity contribution >= 4 is 29.4 Å². The molecule has 1 saturated carbocycles. The van der Waals surface area contributed by atoms with Gasteiger partial charge in [-0.2, -0.15) is 0 Å². The standard InChI is InChI=1S/C12H16ClN5O3/c13-10-9(11(14)19)15-5-8(18-10)16-6-3-1-2-4-7(6)17-12(20)21/h5-7,17H,1-4H2,(H2,14,19)(H,16,18)(H,20,21). The van der Waals surface area contributed by atoms with Crippen LogP contribution in [0, 0.1) is 0 Å². The molecule has 2 unspecified atom stereocenters. The Kier molecular flexibility index (Phi) is 4.79. The fraction of sp³-hybridized carbons (Fsp3) is 0.500. The molecule has 0 bridgehead atoms. The van der Waals surface area contributed by atoms with Crippen LogP contribution in [0.5, 0.6) is 0 Å². The first-order valence-corrected chi connectivity index (χ1v) is 6.93. The molecule has 2 rings (SSSR count). The number of primary amides is 1. The minimum Gasteiger partial charge on any atom is -0.465 e. The summed E-state index contributed by atoms with van der Waals surface area (Å²) in [5, 5.41) is 14.4. The Labute approximate surface area is 126 Å². The first kappa shape index (κ1) is 15.3. The minimum atomic E-state index is -1.05. The van der Waals surface area contributed by atoms with Crippen molar-refractivity contribution in [3.05, 3.63) is 17.0 Å². The van der Waals surface area contributed by atoms with E-state index in [1.54, 1.807) is 0 Å². The molecule has 2 atom stereocenters. The number of aromatic nitrogens is 2. The van der Waals surface area contributed by atoms with Gasteiger partial charge in [-0.25, -0.2) is 14.8 Å². The van der Waals surface area contributed by atoms with E-state index in [2.05, 4.69) is 20.6 Å². The van der Waals surface area contributed by atoms with Crippen LogP contribution in [0.15, 0.2) is 6.20 Å². The lowest BCUT2D eigenvalue weighted by Crippen LogP contribution is -2.48. The summed E-state index contributed by atoms with van der Waals surface area (Å²) in [6.07, 6.45) is 3.83. The van der Waals surface area contributed by atoms with Crippen LogP contribution in [0.3, 0.4) is 0 Å². The van der Waals surface area contributed by atoms with Crippen LogP contribution in [0.4, 0.5) is 10.6 Å². The van der Waals surface area contributed by atoms with E-state index in [1.165, 1.54) is 6.20 Å². The lowest BCUT2D eigenvalue weighted by atomic mass is 9.90. The Morgan fingerprint density at radius 3 is 2.57 bits per heavy atom. The van der Waals surface area contributed by atoms with Crippen molar-refractivity contribution in [2.45, 2.75) is 37.8 Å². The fourth-order valence-electron chi connectivity index (χ4n) is 2.43. The molecule has 0 aromatic carbocycles. The summed E-state index contributed by atoms with van der Waals surface area (Å²) in [5.74, 6) is -0.365. The molecule has 114 valence electrons. The van der Waals surface area contributed by atoms with Gasteiger partial charge in [0.2, 0.25) is 0 Å². The highest BCUT2D eigenvalue weighted by molar-refractivity contribution is 6.32. The van der Waals surface area contributed by atoms with Crippen molar-refractivity contribution in [1.29, 1.82) is 0 Å². The minimum absolute atomic E-state index is 0.0777. The summed E-state index contributed by atoms with van der Waals surface area (Å²) in [7, 11) is 0. The molecule has 0 spiro atoms. The third-order valence-electron chi connectivity index (χ3n) is 3.37. The van der Waals surface area contributed by atoms with Crippen molar-refractivity contribution in [3.63, 3.8) is 0 Å². The number of hydrogen-bond acceptors (Lipinski definition) is 5. The van der Waals surface area contributed by atoms with Crippen molar-refractivity contribution in [3.8, 4) is 0 Å².